The SMILES string of the molecule is Cl.NC1CCC(C(=O)OC(CCCCCCCCCC(OC(=O)C2CCC(N)CC2)c2cc(O)c3c(c2O)C(=O)c2ccccc2C3=O)c2cc(O)c3c(c2O)C(=O)c2ccccc2C3=O)CC1. The van der Waals surface area contributed by atoms with Gasteiger partial charge >= 0.3 is 11.9 Å². The summed E-state index contributed by atoms with van der Waals surface area (Å²) >= 11 is 0. The molecule has 4 aromatic carbocycles. The van der Waals surface area contributed by atoms with Gasteiger partial charge in [0.05, 0.1) is 34.1 Å². The molecular weight excluding hydrogens is 892 g/mol. The Morgan fingerprint density at radius 1 is 0.485 bits per heavy atom. The molecule has 2 fully saturated rings. The third-order valence-electron chi connectivity index (χ3n) is 14.2. The molecule has 2 atom stereocenters. The van der Waals surface area contributed by atoms with Crippen LogP contribution in [0.15, 0.2) is 60.7 Å². The second-order valence-electron chi connectivity index (χ2n) is 18.7. The summed E-state index contributed by atoms with van der Waals surface area (Å²) in [5.74, 6) is -6.02. The summed E-state index contributed by atoms with van der Waals surface area (Å²) in [5, 5.41) is 45.6. The van der Waals surface area contributed by atoms with Crippen LogP contribution in [-0.2, 0) is 19.1 Å². The molecule has 360 valence electrons. The van der Waals surface area contributed by atoms with Crippen molar-refractivity contribution in [3.63, 3.8) is 0 Å². The minimum Gasteiger partial charge on any atom is -0.507 e. The zero-order valence-corrected chi connectivity index (χ0v) is 38.7. The summed E-state index contributed by atoms with van der Waals surface area (Å²) in [6.07, 6.45) is 8.46. The first-order valence-corrected chi connectivity index (χ1v) is 23.7. The average Bonchev–Trinajstić information content (AvgIpc) is 3.32. The van der Waals surface area contributed by atoms with Crippen molar-refractivity contribution in [2.24, 2.45) is 23.3 Å². The fourth-order valence-corrected chi connectivity index (χ4v) is 10.3. The van der Waals surface area contributed by atoms with Crippen LogP contribution < -0.4 is 11.5 Å². The van der Waals surface area contributed by atoms with Gasteiger partial charge in [-0.2, -0.15) is 0 Å². The molecule has 8 rings (SSSR count). The van der Waals surface area contributed by atoms with E-state index in [0.717, 1.165) is 32.1 Å². The quantitative estimate of drug-likeness (QED) is 0.0301. The number of fused-ring (bicyclic) bond motifs is 4. The summed E-state index contributed by atoms with van der Waals surface area (Å²) in [5.41, 5.74) is 11.6. The molecule has 0 bridgehead atoms. The van der Waals surface area contributed by atoms with Crippen LogP contribution in [0.4, 0.5) is 0 Å². The van der Waals surface area contributed by atoms with E-state index in [9.17, 15) is 49.2 Å². The number of phenols is 4. The molecular formula is C53H59ClN2O12. The van der Waals surface area contributed by atoms with Crippen LogP contribution in [0.1, 0.15) is 196 Å². The molecule has 68 heavy (non-hydrogen) atoms. The second kappa shape index (κ2) is 21.5. The highest BCUT2D eigenvalue weighted by atomic mass is 35.5. The molecule has 4 aliphatic carbocycles. The highest BCUT2D eigenvalue weighted by molar-refractivity contribution is 6.31. The fraction of sp³-hybridized carbons (Fsp3) is 0.434. The summed E-state index contributed by atoms with van der Waals surface area (Å²) in [6, 6.07) is 14.9. The minimum atomic E-state index is -1.01. The number of unbranched alkanes of at least 4 members (excludes halogenated alkanes) is 6. The van der Waals surface area contributed by atoms with Gasteiger partial charge < -0.3 is 41.4 Å². The Morgan fingerprint density at radius 3 is 1.10 bits per heavy atom. The lowest BCUT2D eigenvalue weighted by molar-refractivity contribution is -0.157. The van der Waals surface area contributed by atoms with Gasteiger partial charge in [-0.1, -0.05) is 80.6 Å². The molecule has 0 aromatic heterocycles. The van der Waals surface area contributed by atoms with E-state index in [-0.39, 0.29) is 105 Å². The average molecular weight is 952 g/mol. The number of ether oxygens (including phenoxy) is 2. The lowest BCUT2D eigenvalue weighted by Gasteiger charge is -2.28. The van der Waals surface area contributed by atoms with Crippen LogP contribution >= 0.6 is 12.4 Å². The van der Waals surface area contributed by atoms with Crippen LogP contribution in [0.2, 0.25) is 0 Å². The first-order chi connectivity index (χ1) is 32.2. The summed E-state index contributed by atoms with van der Waals surface area (Å²) in [7, 11) is 0. The van der Waals surface area contributed by atoms with Gasteiger partial charge in [0.1, 0.15) is 35.2 Å². The smallest absolute Gasteiger partial charge is 0.309 e. The van der Waals surface area contributed by atoms with Gasteiger partial charge in [0.25, 0.3) is 0 Å². The van der Waals surface area contributed by atoms with Crippen molar-refractivity contribution < 1.29 is 58.7 Å². The van der Waals surface area contributed by atoms with E-state index < -0.39 is 70.3 Å². The largest absolute Gasteiger partial charge is 0.507 e. The number of aromatic hydroxyl groups is 4. The maximum absolute atomic E-state index is 13.7. The normalized spacial score (nSPS) is 20.5. The Kier molecular flexibility index (Phi) is 15.7. The number of ketones is 4. The molecule has 0 amide bonds. The first kappa shape index (κ1) is 49.8. The topological polar surface area (TPSA) is 254 Å². The summed E-state index contributed by atoms with van der Waals surface area (Å²) < 4.78 is 12.1. The minimum absolute atomic E-state index is 0. The molecule has 2 saturated carbocycles. The van der Waals surface area contributed by atoms with Crippen molar-refractivity contribution in [1.29, 1.82) is 0 Å². The predicted molar refractivity (Wildman–Crippen MR) is 252 cm³/mol. The van der Waals surface area contributed by atoms with Crippen molar-refractivity contribution in [2.75, 3.05) is 0 Å². The predicted octanol–water partition coefficient (Wildman–Crippen LogP) is 8.90. The van der Waals surface area contributed by atoms with Gasteiger partial charge in [-0.25, -0.2) is 0 Å². The molecule has 0 aliphatic heterocycles. The van der Waals surface area contributed by atoms with E-state index in [1.807, 2.05) is 0 Å². The van der Waals surface area contributed by atoms with E-state index in [4.69, 9.17) is 20.9 Å². The van der Waals surface area contributed by atoms with Crippen LogP contribution in [0.5, 0.6) is 23.0 Å². The van der Waals surface area contributed by atoms with Gasteiger partial charge in [0.15, 0.2) is 23.1 Å². The monoisotopic (exact) mass is 950 g/mol. The van der Waals surface area contributed by atoms with Crippen molar-refractivity contribution in [3.05, 3.63) is 116 Å². The molecule has 0 spiro atoms. The standard InChI is InChI=1S/C53H58N2O12.ClH/c54-30-22-18-28(19-23-30)52(64)66-40(36-26-38(56)42-44(50(36)62)48(60)34-14-10-8-12-32(34)46(42)58)16-6-4-2-1-3-5-7-17-41(67-53(65)29-20-24-31(55)25-21-29)37-27-39(57)43-45(51(37)63)49(61)35-15-11-9-13-33(35)47(43)59;/h8-15,26-31,40-41,56-57,62-63H,1-7,16-25,54-55H2;1H. The highest BCUT2D eigenvalue weighted by Gasteiger charge is 2.40. The number of nitrogens with two attached hydrogens (primary N) is 2. The van der Waals surface area contributed by atoms with Gasteiger partial charge in [-0.05, 0) is 89.2 Å². The molecule has 4 aromatic rings. The lowest BCUT2D eigenvalue weighted by atomic mass is 9.81. The summed E-state index contributed by atoms with van der Waals surface area (Å²) in [6.45, 7) is 0. The lowest BCUT2D eigenvalue weighted by Crippen LogP contribution is -2.31. The zero-order chi connectivity index (χ0) is 47.5. The third-order valence-corrected chi connectivity index (χ3v) is 14.2. The Balaban J connectivity index is 0.00000684. The maximum Gasteiger partial charge on any atom is 0.309 e. The molecule has 14 nitrogen and oxygen atoms in total. The molecule has 4 aliphatic rings. The maximum atomic E-state index is 13.7. The van der Waals surface area contributed by atoms with Gasteiger partial charge in [0, 0.05) is 45.5 Å². The van der Waals surface area contributed by atoms with E-state index in [2.05, 4.69) is 0 Å². The number of hydrogen-bond acceptors (Lipinski definition) is 14. The van der Waals surface area contributed by atoms with Crippen LogP contribution in [0.3, 0.4) is 0 Å². The number of hydrogen-bond donors (Lipinski definition) is 6. The highest BCUT2D eigenvalue weighted by Crippen LogP contribution is 2.46. The van der Waals surface area contributed by atoms with E-state index in [1.54, 1.807) is 24.3 Å². The number of halogens is 1. The Bertz CT molecular complexity index is 2430. The first-order valence-electron chi connectivity index (χ1n) is 23.7. The van der Waals surface area contributed by atoms with Crippen molar-refractivity contribution in [3.8, 4) is 23.0 Å². The van der Waals surface area contributed by atoms with Crippen LogP contribution in [0, 0.1) is 11.8 Å². The molecule has 2 unspecified atom stereocenters. The number of phenolic OH excluding ortho intramolecular Hbond substituents is 4. The number of carbonyl (C=O) groups is 6. The second-order valence-corrected chi connectivity index (χ2v) is 18.7. The molecule has 15 heteroatoms. The van der Waals surface area contributed by atoms with Crippen LogP contribution in [-0.4, -0.2) is 67.6 Å². The Hall–Kier alpha value is -6.09. The molecule has 0 heterocycles. The Morgan fingerprint density at radius 2 is 0.779 bits per heavy atom. The fourth-order valence-electron chi connectivity index (χ4n) is 10.3. The number of esters is 2. The zero-order valence-electron chi connectivity index (χ0n) is 37.9. The van der Waals surface area contributed by atoms with Gasteiger partial charge in [0.2, 0.25) is 0 Å². The van der Waals surface area contributed by atoms with Crippen molar-refractivity contribution in [1.82, 2.24) is 0 Å². The van der Waals surface area contributed by atoms with Crippen LogP contribution in [0.25, 0.3) is 0 Å². The summed E-state index contributed by atoms with van der Waals surface area (Å²) in [4.78, 5) is 81.2. The van der Waals surface area contributed by atoms with Gasteiger partial charge in [-0.3, -0.25) is 28.8 Å². The molecule has 8 N–H and O–H groups in total. The van der Waals surface area contributed by atoms with E-state index >= 15 is 0 Å². The number of rotatable bonds is 16. The third kappa shape index (κ3) is 10.0. The van der Waals surface area contributed by atoms with E-state index in [1.165, 1.54) is 36.4 Å². The van der Waals surface area contributed by atoms with Crippen molar-refractivity contribution in [2.45, 2.75) is 133 Å². The van der Waals surface area contributed by atoms with Gasteiger partial charge in [-0.15, -0.1) is 12.4 Å². The van der Waals surface area contributed by atoms with Crippen molar-refractivity contribution >= 4 is 47.5 Å². The van der Waals surface area contributed by atoms with E-state index in [0.29, 0.717) is 64.2 Å². The molecule has 0 radical (unpaired) electrons. The number of benzene rings is 4. The Labute approximate surface area is 400 Å². The molecule has 0 saturated heterocycles. The number of carbonyl (C=O) groups excluding carboxylic acids is 6.